The number of aryl methyl sites for hydroxylation is 3. The van der Waals surface area contributed by atoms with Crippen molar-refractivity contribution in [2.75, 3.05) is 5.32 Å². The van der Waals surface area contributed by atoms with Crippen LogP contribution in [0.4, 0.5) is 5.69 Å². The van der Waals surface area contributed by atoms with E-state index in [0.717, 1.165) is 16.7 Å². The minimum Gasteiger partial charge on any atom is -0.438 e. The first-order chi connectivity index (χ1) is 16.4. The minimum atomic E-state index is -0.630. The summed E-state index contributed by atoms with van der Waals surface area (Å²) in [7, 11) is 0. The number of hydrogen-bond acceptors (Lipinski definition) is 5. The average Bonchev–Trinajstić information content (AvgIpc) is 2.83. The van der Waals surface area contributed by atoms with E-state index in [-0.39, 0.29) is 17.0 Å². The summed E-state index contributed by atoms with van der Waals surface area (Å²) in [6.45, 7) is 5.72. The Bertz CT molecular complexity index is 1530. The highest BCUT2D eigenvalue weighted by molar-refractivity contribution is 6.10. The molecule has 168 valence electrons. The van der Waals surface area contributed by atoms with Crippen molar-refractivity contribution in [2.24, 2.45) is 0 Å². The molecule has 0 atom stereocenters. The zero-order valence-electron chi connectivity index (χ0n) is 19.0. The maximum atomic E-state index is 13.3. The molecule has 0 spiro atoms. The fraction of sp³-hybridized carbons (Fsp3) is 0.111. The third-order valence-corrected chi connectivity index (χ3v) is 5.26. The van der Waals surface area contributed by atoms with Gasteiger partial charge in [0.25, 0.3) is 11.5 Å². The van der Waals surface area contributed by atoms with E-state index in [0.29, 0.717) is 17.1 Å². The fourth-order valence-corrected chi connectivity index (χ4v) is 3.35. The Balaban J connectivity index is 1.80. The number of aromatic nitrogens is 2. The number of carbonyl (C=O) groups is 1. The summed E-state index contributed by atoms with van der Waals surface area (Å²) in [4.78, 5) is 30.7. The van der Waals surface area contributed by atoms with Crippen LogP contribution in [0.25, 0.3) is 11.7 Å². The zero-order valence-corrected chi connectivity index (χ0v) is 19.0. The molecular formula is C27H22N4O3. The Hall–Kier alpha value is -4.70. The van der Waals surface area contributed by atoms with Gasteiger partial charge in [-0.1, -0.05) is 35.9 Å². The van der Waals surface area contributed by atoms with E-state index in [1.807, 2.05) is 57.2 Å². The normalized spacial score (nSPS) is 11.2. The van der Waals surface area contributed by atoms with Crippen LogP contribution in [0.5, 0.6) is 11.6 Å². The lowest BCUT2D eigenvalue weighted by atomic mass is 10.1. The number of carbonyl (C=O) groups excluding carboxylic acids is 1. The second kappa shape index (κ2) is 9.43. The Kier molecular flexibility index (Phi) is 6.24. The third-order valence-electron chi connectivity index (χ3n) is 5.26. The summed E-state index contributed by atoms with van der Waals surface area (Å²) in [6.07, 6.45) is 2.79. The van der Waals surface area contributed by atoms with Gasteiger partial charge >= 0.3 is 0 Å². The fourth-order valence-electron chi connectivity index (χ4n) is 3.35. The first kappa shape index (κ1) is 22.5. The summed E-state index contributed by atoms with van der Waals surface area (Å²) in [5.41, 5.74) is 3.14. The van der Waals surface area contributed by atoms with Gasteiger partial charge in [-0.2, -0.15) is 10.2 Å². The van der Waals surface area contributed by atoms with Gasteiger partial charge in [-0.15, -0.1) is 0 Å². The summed E-state index contributed by atoms with van der Waals surface area (Å²) < 4.78 is 7.26. The van der Waals surface area contributed by atoms with Crippen molar-refractivity contribution in [3.63, 3.8) is 0 Å². The van der Waals surface area contributed by atoms with Crippen LogP contribution in [-0.4, -0.2) is 15.3 Å². The van der Waals surface area contributed by atoms with Crippen molar-refractivity contribution in [2.45, 2.75) is 20.8 Å². The largest absolute Gasteiger partial charge is 0.438 e. The highest BCUT2D eigenvalue weighted by Gasteiger charge is 2.18. The first-order valence-electron chi connectivity index (χ1n) is 10.6. The van der Waals surface area contributed by atoms with E-state index >= 15 is 0 Å². The number of nitrogens with one attached hydrogen (secondary N) is 1. The molecule has 0 saturated carbocycles. The molecule has 0 bridgehead atoms. The lowest BCUT2D eigenvalue weighted by Gasteiger charge is -2.11. The third kappa shape index (κ3) is 4.71. The standard InChI is InChI=1S/C27H22N4O3/c1-17-8-11-21(12-9-17)34-26-22(27(33)31-13-5-4-6-24(31)30-26)15-20(16-28)25(32)29-23-14-18(2)7-10-19(23)3/h4-15H,1-3H3,(H,29,32). The van der Waals surface area contributed by atoms with Crippen LogP contribution in [0.2, 0.25) is 0 Å². The van der Waals surface area contributed by atoms with Crippen molar-refractivity contribution in [1.82, 2.24) is 9.38 Å². The van der Waals surface area contributed by atoms with Gasteiger partial charge < -0.3 is 10.1 Å². The predicted molar refractivity (Wildman–Crippen MR) is 131 cm³/mol. The molecule has 0 radical (unpaired) electrons. The maximum Gasteiger partial charge on any atom is 0.269 e. The topological polar surface area (TPSA) is 96.5 Å². The SMILES string of the molecule is Cc1ccc(Oc2nc3ccccn3c(=O)c2C=C(C#N)C(=O)Nc2cc(C)ccc2C)cc1. The van der Waals surface area contributed by atoms with Gasteiger partial charge in [-0.3, -0.25) is 14.0 Å². The highest BCUT2D eigenvalue weighted by Crippen LogP contribution is 2.25. The summed E-state index contributed by atoms with van der Waals surface area (Å²) >= 11 is 0. The van der Waals surface area contributed by atoms with Gasteiger partial charge in [0.2, 0.25) is 5.88 Å². The number of hydrogen-bond donors (Lipinski definition) is 1. The number of amides is 1. The van der Waals surface area contributed by atoms with Crippen molar-refractivity contribution in [3.05, 3.63) is 105 Å². The van der Waals surface area contributed by atoms with Crippen LogP contribution in [0.15, 0.2) is 77.2 Å². The Labute approximate surface area is 196 Å². The minimum absolute atomic E-state index is 0.00283. The van der Waals surface area contributed by atoms with E-state index in [9.17, 15) is 14.9 Å². The van der Waals surface area contributed by atoms with Gasteiger partial charge in [-0.05, 0) is 68.3 Å². The van der Waals surface area contributed by atoms with Crippen molar-refractivity contribution in [1.29, 1.82) is 5.26 Å². The summed E-state index contributed by atoms with van der Waals surface area (Å²) in [5.74, 6) is -0.145. The number of fused-ring (bicyclic) bond motifs is 1. The van der Waals surface area contributed by atoms with Crippen molar-refractivity contribution in [3.8, 4) is 17.7 Å². The molecule has 0 aliphatic carbocycles. The molecule has 1 N–H and O–H groups in total. The molecule has 0 fully saturated rings. The number of rotatable bonds is 5. The van der Waals surface area contributed by atoms with Crippen LogP contribution in [0.1, 0.15) is 22.3 Å². The lowest BCUT2D eigenvalue weighted by Crippen LogP contribution is -2.20. The Morgan fingerprint density at radius 1 is 1.06 bits per heavy atom. The van der Waals surface area contributed by atoms with Crippen LogP contribution in [0, 0.1) is 32.1 Å². The molecule has 7 nitrogen and oxygen atoms in total. The Morgan fingerprint density at radius 3 is 2.53 bits per heavy atom. The number of pyridine rings is 1. The molecule has 0 aliphatic heterocycles. The molecule has 1 amide bonds. The number of anilines is 1. The van der Waals surface area contributed by atoms with Crippen LogP contribution in [-0.2, 0) is 4.79 Å². The molecule has 2 aromatic heterocycles. The zero-order chi connectivity index (χ0) is 24.2. The summed E-state index contributed by atoms with van der Waals surface area (Å²) in [6, 6.07) is 19.9. The average molecular weight is 450 g/mol. The molecule has 4 aromatic rings. The molecule has 34 heavy (non-hydrogen) atoms. The highest BCUT2D eigenvalue weighted by atomic mass is 16.5. The smallest absolute Gasteiger partial charge is 0.269 e. The molecule has 4 rings (SSSR count). The van der Waals surface area contributed by atoms with Gasteiger partial charge in [0.15, 0.2) is 0 Å². The van der Waals surface area contributed by atoms with Gasteiger partial charge in [0, 0.05) is 11.9 Å². The monoisotopic (exact) mass is 450 g/mol. The van der Waals surface area contributed by atoms with E-state index in [4.69, 9.17) is 4.74 Å². The first-order valence-corrected chi connectivity index (χ1v) is 10.6. The molecule has 7 heteroatoms. The number of nitrogens with zero attached hydrogens (tertiary/aromatic N) is 3. The molecule has 2 heterocycles. The number of benzene rings is 2. The molecular weight excluding hydrogens is 428 g/mol. The molecule has 0 saturated heterocycles. The van der Waals surface area contributed by atoms with Crippen molar-refractivity contribution >= 4 is 23.3 Å². The Morgan fingerprint density at radius 2 is 1.79 bits per heavy atom. The number of ether oxygens (including phenoxy) is 1. The second-order valence-electron chi connectivity index (χ2n) is 7.92. The van der Waals surface area contributed by atoms with Crippen LogP contribution < -0.4 is 15.6 Å². The van der Waals surface area contributed by atoms with E-state index in [1.54, 1.807) is 36.5 Å². The second-order valence-corrected chi connectivity index (χ2v) is 7.92. The van der Waals surface area contributed by atoms with Gasteiger partial charge in [0.05, 0.1) is 0 Å². The van der Waals surface area contributed by atoms with Crippen LogP contribution in [0.3, 0.4) is 0 Å². The van der Waals surface area contributed by atoms with Crippen LogP contribution >= 0.6 is 0 Å². The maximum absolute atomic E-state index is 13.3. The predicted octanol–water partition coefficient (Wildman–Crippen LogP) is 4.96. The van der Waals surface area contributed by atoms with Crippen molar-refractivity contribution < 1.29 is 9.53 Å². The lowest BCUT2D eigenvalue weighted by molar-refractivity contribution is -0.112. The molecule has 0 aliphatic rings. The van der Waals surface area contributed by atoms with E-state index < -0.39 is 11.5 Å². The molecule has 2 aromatic carbocycles. The van der Waals surface area contributed by atoms with Gasteiger partial charge in [-0.25, -0.2) is 0 Å². The summed E-state index contributed by atoms with van der Waals surface area (Å²) in [5, 5.41) is 12.5. The number of nitriles is 1. The van der Waals surface area contributed by atoms with E-state index in [1.165, 1.54) is 10.5 Å². The molecule has 0 unspecified atom stereocenters. The van der Waals surface area contributed by atoms with Gasteiger partial charge in [0.1, 0.15) is 28.6 Å². The van der Waals surface area contributed by atoms with E-state index in [2.05, 4.69) is 10.3 Å². The quantitative estimate of drug-likeness (QED) is 0.342.